The van der Waals surface area contributed by atoms with Crippen LogP contribution in [0.1, 0.15) is 200 Å². The number of hydrogen-bond donors (Lipinski definition) is 1. The molecule has 2 aliphatic rings. The summed E-state index contributed by atoms with van der Waals surface area (Å²) in [6.07, 6.45) is 43.6. The van der Waals surface area contributed by atoms with E-state index in [1.165, 1.54) is 135 Å². The lowest BCUT2D eigenvalue weighted by atomic mass is 10.0. The highest BCUT2D eigenvalue weighted by Gasteiger charge is 2.31. The van der Waals surface area contributed by atoms with Gasteiger partial charge in [-0.3, -0.25) is 14.5 Å². The third kappa shape index (κ3) is 23.9. The fraction of sp³-hybridized carbons (Fsp3) is 0.870. The summed E-state index contributed by atoms with van der Waals surface area (Å²) in [5, 5.41) is 3.49. The minimum absolute atomic E-state index is 0.119. The summed E-state index contributed by atoms with van der Waals surface area (Å²) < 4.78 is 0. The minimum atomic E-state index is -0.341. The molecule has 0 aromatic carbocycles. The van der Waals surface area contributed by atoms with E-state index in [4.69, 9.17) is 0 Å². The van der Waals surface area contributed by atoms with Crippen molar-refractivity contribution in [3.8, 4) is 0 Å². The predicted molar refractivity (Wildman–Crippen MR) is 225 cm³/mol. The van der Waals surface area contributed by atoms with Gasteiger partial charge in [-0.1, -0.05) is 147 Å². The maximum absolute atomic E-state index is 14.2. The van der Waals surface area contributed by atoms with E-state index in [1.807, 2.05) is 4.90 Å². The molecule has 1 aliphatic heterocycles. The summed E-state index contributed by atoms with van der Waals surface area (Å²) in [6, 6.07) is -0.0772. The summed E-state index contributed by atoms with van der Waals surface area (Å²) in [5.74, 6) is 0.322. The van der Waals surface area contributed by atoms with E-state index in [-0.39, 0.29) is 23.9 Å². The lowest BCUT2D eigenvalue weighted by Crippen LogP contribution is -2.54. The first kappa shape index (κ1) is 46.5. The van der Waals surface area contributed by atoms with Crippen molar-refractivity contribution < 1.29 is 9.59 Å². The fourth-order valence-electron chi connectivity index (χ4n) is 7.93. The van der Waals surface area contributed by atoms with Crippen molar-refractivity contribution in [2.24, 2.45) is 0 Å². The Kier molecular flexibility index (Phi) is 29.3. The van der Waals surface area contributed by atoms with E-state index < -0.39 is 0 Å². The van der Waals surface area contributed by atoms with Gasteiger partial charge in [-0.25, -0.2) is 0 Å². The van der Waals surface area contributed by atoms with Gasteiger partial charge in [-0.15, -0.1) is 0 Å². The van der Waals surface area contributed by atoms with Gasteiger partial charge in [0.05, 0.1) is 0 Å². The standard InChI is InChI=1S/C46H86N4O2/c1-4-6-8-10-12-14-16-18-19-21-23-25-31-35-44(46(52)47-43-33-29-27-28-30-34-43)50(42-41-49-39-37-48(3)38-40-49)45(51)36-32-26-24-22-20-17-15-13-11-9-7-5-2/h10,12-13,15,43-44H,4-9,11,14,16-42H2,1-3H3,(H,47,52)/b12-10-,15-13-. The molecule has 2 amide bonds. The van der Waals surface area contributed by atoms with Gasteiger partial charge in [-0.05, 0) is 77.7 Å². The lowest BCUT2D eigenvalue weighted by Gasteiger charge is -2.36. The summed E-state index contributed by atoms with van der Waals surface area (Å²) in [6.45, 7) is 10.3. The smallest absolute Gasteiger partial charge is 0.243 e. The van der Waals surface area contributed by atoms with Crippen molar-refractivity contribution in [3.63, 3.8) is 0 Å². The molecule has 0 bridgehead atoms. The molecule has 6 heteroatoms. The molecule has 1 heterocycles. The number of nitrogens with one attached hydrogen (secondary N) is 1. The van der Waals surface area contributed by atoms with Gasteiger partial charge in [0.25, 0.3) is 0 Å². The number of piperazine rings is 1. The number of allylic oxidation sites excluding steroid dienone is 4. The van der Waals surface area contributed by atoms with E-state index in [0.29, 0.717) is 13.0 Å². The van der Waals surface area contributed by atoms with Crippen molar-refractivity contribution in [1.82, 2.24) is 20.0 Å². The second-order valence-corrected chi connectivity index (χ2v) is 16.4. The molecule has 1 unspecified atom stereocenters. The molecular weight excluding hydrogens is 641 g/mol. The molecule has 0 spiro atoms. The number of rotatable bonds is 31. The number of nitrogens with zero attached hydrogens (tertiary/aromatic N) is 3. The first-order valence-electron chi connectivity index (χ1n) is 22.9. The average Bonchev–Trinajstić information content (AvgIpc) is 3.42. The fourth-order valence-corrected chi connectivity index (χ4v) is 7.93. The molecule has 1 saturated carbocycles. The van der Waals surface area contributed by atoms with Crippen LogP contribution in [-0.4, -0.2) is 84.9 Å². The predicted octanol–water partition coefficient (Wildman–Crippen LogP) is 11.4. The van der Waals surface area contributed by atoms with Crippen LogP contribution < -0.4 is 5.32 Å². The molecule has 1 atom stereocenters. The molecule has 0 aromatic rings. The third-order valence-electron chi connectivity index (χ3n) is 11.6. The van der Waals surface area contributed by atoms with Gasteiger partial charge in [0, 0.05) is 51.7 Å². The van der Waals surface area contributed by atoms with E-state index in [2.05, 4.69) is 60.3 Å². The topological polar surface area (TPSA) is 55.9 Å². The largest absolute Gasteiger partial charge is 0.352 e. The molecule has 2 rings (SSSR count). The van der Waals surface area contributed by atoms with Crippen LogP contribution in [0.4, 0.5) is 0 Å². The van der Waals surface area contributed by atoms with Crippen molar-refractivity contribution >= 4 is 11.8 Å². The lowest BCUT2D eigenvalue weighted by molar-refractivity contribution is -0.141. The zero-order chi connectivity index (χ0) is 37.3. The normalized spacial score (nSPS) is 17.2. The summed E-state index contributed by atoms with van der Waals surface area (Å²) >= 11 is 0. The maximum atomic E-state index is 14.2. The van der Waals surface area contributed by atoms with Crippen molar-refractivity contribution in [2.75, 3.05) is 46.3 Å². The molecule has 1 N–H and O–H groups in total. The first-order valence-corrected chi connectivity index (χ1v) is 22.9. The van der Waals surface area contributed by atoms with Crippen LogP contribution >= 0.6 is 0 Å². The van der Waals surface area contributed by atoms with Crippen molar-refractivity contribution in [3.05, 3.63) is 24.3 Å². The van der Waals surface area contributed by atoms with Crippen LogP contribution in [0.2, 0.25) is 0 Å². The second-order valence-electron chi connectivity index (χ2n) is 16.4. The van der Waals surface area contributed by atoms with Gasteiger partial charge in [0.1, 0.15) is 6.04 Å². The Morgan fingerprint density at radius 2 is 1.13 bits per heavy atom. The number of likely N-dealkylation sites (N-methyl/N-ethyl adjacent to an activating group) is 1. The number of carbonyl (C=O) groups excluding carboxylic acids is 2. The van der Waals surface area contributed by atoms with Crippen LogP contribution in [0.25, 0.3) is 0 Å². The number of unbranched alkanes of at least 4 members (excludes halogenated alkanes) is 17. The second kappa shape index (κ2) is 32.7. The summed E-state index contributed by atoms with van der Waals surface area (Å²) in [4.78, 5) is 35.2. The van der Waals surface area contributed by atoms with Crippen LogP contribution in [0.15, 0.2) is 24.3 Å². The zero-order valence-corrected chi connectivity index (χ0v) is 34.9. The molecular formula is C46H86N4O2. The molecule has 0 radical (unpaired) electrons. The minimum Gasteiger partial charge on any atom is -0.352 e. The summed E-state index contributed by atoms with van der Waals surface area (Å²) in [5.41, 5.74) is 0. The van der Waals surface area contributed by atoms with Crippen LogP contribution in [0.3, 0.4) is 0 Å². The Morgan fingerprint density at radius 1 is 0.635 bits per heavy atom. The van der Waals surface area contributed by atoms with Gasteiger partial charge < -0.3 is 15.1 Å². The van der Waals surface area contributed by atoms with Gasteiger partial charge in [0.2, 0.25) is 11.8 Å². The zero-order valence-electron chi connectivity index (χ0n) is 34.9. The SMILES string of the molecule is CCCC/C=C\CCCCCCCCCC(C(=O)NC1CCCCCC1)N(CCN1CCN(C)CC1)C(=O)CCCCCCC/C=C\CCCCC. The van der Waals surface area contributed by atoms with Crippen LogP contribution in [0, 0.1) is 0 Å². The quantitative estimate of drug-likeness (QED) is 0.0439. The maximum Gasteiger partial charge on any atom is 0.243 e. The number of carbonyl (C=O) groups is 2. The Labute approximate surface area is 323 Å². The Morgan fingerprint density at radius 3 is 1.71 bits per heavy atom. The Bertz CT molecular complexity index is 904. The van der Waals surface area contributed by atoms with Crippen LogP contribution in [-0.2, 0) is 9.59 Å². The highest BCUT2D eigenvalue weighted by Crippen LogP contribution is 2.21. The van der Waals surface area contributed by atoms with E-state index in [0.717, 1.165) is 77.7 Å². The van der Waals surface area contributed by atoms with E-state index in [9.17, 15) is 9.59 Å². The van der Waals surface area contributed by atoms with Crippen molar-refractivity contribution in [2.45, 2.75) is 212 Å². The highest BCUT2D eigenvalue weighted by atomic mass is 16.2. The van der Waals surface area contributed by atoms with E-state index >= 15 is 0 Å². The molecule has 302 valence electrons. The van der Waals surface area contributed by atoms with Crippen LogP contribution in [0.5, 0.6) is 0 Å². The summed E-state index contributed by atoms with van der Waals surface area (Å²) in [7, 11) is 2.19. The highest BCUT2D eigenvalue weighted by molar-refractivity contribution is 5.87. The van der Waals surface area contributed by atoms with Gasteiger partial charge >= 0.3 is 0 Å². The number of amides is 2. The monoisotopic (exact) mass is 727 g/mol. The Balaban J connectivity index is 1.91. The number of hydrogen-bond acceptors (Lipinski definition) is 4. The molecule has 2 fully saturated rings. The van der Waals surface area contributed by atoms with Gasteiger partial charge in [-0.2, -0.15) is 0 Å². The van der Waals surface area contributed by atoms with E-state index in [1.54, 1.807) is 0 Å². The molecule has 6 nitrogen and oxygen atoms in total. The molecule has 52 heavy (non-hydrogen) atoms. The first-order chi connectivity index (χ1) is 25.5. The Hall–Kier alpha value is -1.66. The molecule has 1 aliphatic carbocycles. The van der Waals surface area contributed by atoms with Gasteiger partial charge in [0.15, 0.2) is 0 Å². The molecule has 0 aromatic heterocycles. The average molecular weight is 727 g/mol. The third-order valence-corrected chi connectivity index (χ3v) is 11.6. The van der Waals surface area contributed by atoms with Crippen molar-refractivity contribution in [1.29, 1.82) is 0 Å². The molecule has 1 saturated heterocycles.